The molecule has 7 heteroatoms. The molecule has 0 bridgehead atoms. The zero-order chi connectivity index (χ0) is 19.6. The van der Waals surface area contributed by atoms with Gasteiger partial charge >= 0.3 is 6.18 Å². The Hall–Kier alpha value is -2.75. The summed E-state index contributed by atoms with van der Waals surface area (Å²) in [7, 11) is 1.91. The average Bonchev–Trinajstić information content (AvgIpc) is 3.08. The lowest BCUT2D eigenvalue weighted by Gasteiger charge is -2.35. The maximum atomic E-state index is 13.3. The number of rotatable bonds is 4. The third kappa shape index (κ3) is 4.00. The second-order valence-electron chi connectivity index (χ2n) is 6.71. The Labute approximate surface area is 156 Å². The SMILES string of the molecule is CCN(c1ccc(C#N)c(C(F)(F)F)c1)C1CCC=C(c2cn(C)cn2)C1. The first kappa shape index (κ1) is 19.0. The van der Waals surface area contributed by atoms with Gasteiger partial charge in [-0.05, 0) is 50.0 Å². The first-order valence-corrected chi connectivity index (χ1v) is 8.88. The Balaban J connectivity index is 1.89. The number of benzene rings is 1. The summed E-state index contributed by atoms with van der Waals surface area (Å²) in [4.78, 5) is 6.38. The van der Waals surface area contributed by atoms with Crippen LogP contribution in [0, 0.1) is 11.3 Å². The fourth-order valence-electron chi connectivity index (χ4n) is 3.64. The smallest absolute Gasteiger partial charge is 0.368 e. The van der Waals surface area contributed by atoms with E-state index in [2.05, 4.69) is 11.1 Å². The standard InChI is InChI=1S/C20H21F3N4/c1-3-27(17-8-7-15(11-24)18(10-17)20(21,22)23)16-6-4-5-14(9-16)19-12-26(2)13-25-19/h5,7-8,10,12-13,16H,3-4,6,9H2,1-2H3. The highest BCUT2D eigenvalue weighted by Gasteiger charge is 2.34. The number of alkyl halides is 3. The molecule has 0 spiro atoms. The maximum absolute atomic E-state index is 13.3. The van der Waals surface area contributed by atoms with Crippen molar-refractivity contribution in [2.75, 3.05) is 11.4 Å². The number of nitriles is 1. The van der Waals surface area contributed by atoms with Crippen LogP contribution in [0.4, 0.5) is 18.9 Å². The molecule has 1 atom stereocenters. The lowest BCUT2D eigenvalue weighted by Crippen LogP contribution is -2.36. The van der Waals surface area contributed by atoms with Gasteiger partial charge in [-0.1, -0.05) is 6.08 Å². The summed E-state index contributed by atoms with van der Waals surface area (Å²) >= 11 is 0. The number of aromatic nitrogens is 2. The molecule has 142 valence electrons. The second-order valence-corrected chi connectivity index (χ2v) is 6.71. The van der Waals surface area contributed by atoms with E-state index in [1.807, 2.05) is 29.6 Å². The molecule has 1 unspecified atom stereocenters. The molecule has 0 saturated heterocycles. The van der Waals surface area contributed by atoms with Crippen LogP contribution in [0.2, 0.25) is 0 Å². The molecule has 0 saturated carbocycles. The Morgan fingerprint density at radius 1 is 1.37 bits per heavy atom. The quantitative estimate of drug-likeness (QED) is 0.774. The van der Waals surface area contributed by atoms with Crippen LogP contribution in [0.25, 0.3) is 5.57 Å². The van der Waals surface area contributed by atoms with Crippen molar-refractivity contribution >= 4 is 11.3 Å². The highest BCUT2D eigenvalue weighted by molar-refractivity contribution is 5.65. The van der Waals surface area contributed by atoms with E-state index in [0.717, 1.165) is 36.6 Å². The van der Waals surface area contributed by atoms with E-state index in [-0.39, 0.29) is 11.6 Å². The van der Waals surface area contributed by atoms with Crippen LogP contribution in [0.3, 0.4) is 0 Å². The van der Waals surface area contributed by atoms with E-state index < -0.39 is 11.7 Å². The van der Waals surface area contributed by atoms with Gasteiger partial charge in [0.15, 0.2) is 0 Å². The zero-order valence-corrected chi connectivity index (χ0v) is 15.3. The molecule has 0 aliphatic heterocycles. The van der Waals surface area contributed by atoms with Crippen molar-refractivity contribution < 1.29 is 13.2 Å². The van der Waals surface area contributed by atoms with Gasteiger partial charge in [0.05, 0.1) is 29.2 Å². The van der Waals surface area contributed by atoms with Gasteiger partial charge in [-0.2, -0.15) is 18.4 Å². The van der Waals surface area contributed by atoms with Crippen LogP contribution in [0.1, 0.15) is 43.0 Å². The lowest BCUT2D eigenvalue weighted by atomic mass is 9.91. The van der Waals surface area contributed by atoms with E-state index in [9.17, 15) is 13.2 Å². The summed E-state index contributed by atoms with van der Waals surface area (Å²) in [6.07, 6.45) is 3.76. The Kier molecular flexibility index (Phi) is 5.26. The molecule has 0 fully saturated rings. The number of hydrogen-bond acceptors (Lipinski definition) is 3. The van der Waals surface area contributed by atoms with E-state index in [0.29, 0.717) is 12.2 Å². The van der Waals surface area contributed by atoms with Crippen LogP contribution in [0.5, 0.6) is 0 Å². The van der Waals surface area contributed by atoms with Crippen LogP contribution < -0.4 is 4.90 Å². The summed E-state index contributed by atoms with van der Waals surface area (Å²) in [6.45, 7) is 2.52. The number of nitrogens with zero attached hydrogens (tertiary/aromatic N) is 4. The van der Waals surface area contributed by atoms with Crippen molar-refractivity contribution in [2.45, 2.75) is 38.4 Å². The van der Waals surface area contributed by atoms with Crippen molar-refractivity contribution in [3.8, 4) is 6.07 Å². The Bertz CT molecular complexity index is 889. The van der Waals surface area contributed by atoms with E-state index in [1.165, 1.54) is 6.07 Å². The minimum Gasteiger partial charge on any atom is -0.368 e. The molecular weight excluding hydrogens is 353 g/mol. The third-order valence-corrected chi connectivity index (χ3v) is 4.92. The second kappa shape index (κ2) is 7.47. The maximum Gasteiger partial charge on any atom is 0.417 e. The van der Waals surface area contributed by atoms with Gasteiger partial charge in [-0.3, -0.25) is 0 Å². The molecule has 3 rings (SSSR count). The van der Waals surface area contributed by atoms with Gasteiger partial charge in [-0.25, -0.2) is 4.98 Å². The number of anilines is 1. The normalized spacial score (nSPS) is 17.3. The van der Waals surface area contributed by atoms with Crippen molar-refractivity contribution in [1.82, 2.24) is 9.55 Å². The van der Waals surface area contributed by atoms with Crippen LogP contribution >= 0.6 is 0 Å². The monoisotopic (exact) mass is 374 g/mol. The Morgan fingerprint density at radius 2 is 2.15 bits per heavy atom. The minimum atomic E-state index is -4.55. The van der Waals surface area contributed by atoms with E-state index in [4.69, 9.17) is 5.26 Å². The number of halogens is 3. The van der Waals surface area contributed by atoms with Crippen molar-refractivity contribution in [2.24, 2.45) is 7.05 Å². The highest BCUT2D eigenvalue weighted by atomic mass is 19.4. The zero-order valence-electron chi connectivity index (χ0n) is 15.3. The first-order chi connectivity index (χ1) is 12.8. The molecule has 4 nitrogen and oxygen atoms in total. The molecule has 0 N–H and O–H groups in total. The van der Waals surface area contributed by atoms with Gasteiger partial charge in [0.1, 0.15) is 0 Å². The number of imidazole rings is 1. The largest absolute Gasteiger partial charge is 0.417 e. The number of aryl methyl sites for hydroxylation is 1. The molecule has 1 aromatic carbocycles. The predicted molar refractivity (Wildman–Crippen MR) is 98.0 cm³/mol. The fourth-order valence-corrected chi connectivity index (χ4v) is 3.64. The summed E-state index contributed by atoms with van der Waals surface area (Å²) in [5.74, 6) is 0. The van der Waals surface area contributed by atoms with Gasteiger partial charge in [0.25, 0.3) is 0 Å². The molecule has 1 aromatic heterocycles. The van der Waals surface area contributed by atoms with Crippen molar-refractivity contribution in [3.63, 3.8) is 0 Å². The van der Waals surface area contributed by atoms with Gasteiger partial charge in [-0.15, -0.1) is 0 Å². The molecule has 0 amide bonds. The molecule has 2 aromatic rings. The summed E-state index contributed by atoms with van der Waals surface area (Å²) in [5.41, 5.74) is 1.30. The van der Waals surface area contributed by atoms with E-state index >= 15 is 0 Å². The summed E-state index contributed by atoms with van der Waals surface area (Å²) in [5, 5.41) is 9.00. The Morgan fingerprint density at radius 3 is 2.74 bits per heavy atom. The van der Waals surface area contributed by atoms with Gasteiger partial charge < -0.3 is 9.47 Å². The molecule has 1 aliphatic rings. The topological polar surface area (TPSA) is 44.9 Å². The highest BCUT2D eigenvalue weighted by Crippen LogP contribution is 2.37. The first-order valence-electron chi connectivity index (χ1n) is 8.88. The fraction of sp³-hybridized carbons (Fsp3) is 0.400. The molecule has 27 heavy (non-hydrogen) atoms. The number of hydrogen-bond donors (Lipinski definition) is 0. The van der Waals surface area contributed by atoms with Crippen LogP contribution in [-0.4, -0.2) is 22.1 Å². The third-order valence-electron chi connectivity index (χ3n) is 4.92. The van der Waals surface area contributed by atoms with Gasteiger partial charge in [0.2, 0.25) is 0 Å². The number of allylic oxidation sites excluding steroid dienone is 1. The van der Waals surface area contributed by atoms with Crippen LogP contribution in [-0.2, 0) is 13.2 Å². The average molecular weight is 374 g/mol. The van der Waals surface area contributed by atoms with Crippen molar-refractivity contribution in [1.29, 1.82) is 5.26 Å². The minimum absolute atomic E-state index is 0.0889. The molecule has 1 aliphatic carbocycles. The van der Waals surface area contributed by atoms with E-state index in [1.54, 1.807) is 18.5 Å². The predicted octanol–water partition coefficient (Wildman–Crippen LogP) is 4.77. The lowest BCUT2D eigenvalue weighted by molar-refractivity contribution is -0.137. The molecule has 1 heterocycles. The van der Waals surface area contributed by atoms with Crippen molar-refractivity contribution in [3.05, 3.63) is 53.6 Å². The van der Waals surface area contributed by atoms with Crippen LogP contribution in [0.15, 0.2) is 36.8 Å². The molecular formula is C20H21F3N4. The summed E-state index contributed by atoms with van der Waals surface area (Å²) < 4.78 is 41.8. The summed E-state index contributed by atoms with van der Waals surface area (Å²) in [6, 6.07) is 5.70. The van der Waals surface area contributed by atoms with Gasteiger partial charge in [0, 0.05) is 31.5 Å². The molecule has 0 radical (unpaired) electrons.